The van der Waals surface area contributed by atoms with Crippen LogP contribution in [0.15, 0.2) is 30.5 Å². The number of carboxylic acid groups (broad SMARTS) is 1. The Balaban J connectivity index is 2.28. The van der Waals surface area contributed by atoms with Crippen molar-refractivity contribution >= 4 is 17.6 Å². The van der Waals surface area contributed by atoms with Crippen LogP contribution >= 0.6 is 11.6 Å². The summed E-state index contributed by atoms with van der Waals surface area (Å²) in [5, 5.41) is 9.21. The lowest BCUT2D eigenvalue weighted by atomic mass is 10.2. The second kappa shape index (κ2) is 5.01. The molecule has 2 rings (SSSR count). The van der Waals surface area contributed by atoms with Crippen LogP contribution in [0, 0.1) is 6.92 Å². The standard InChI is InChI=1S/C12H9ClN2O3/c1-7-2-3-10(8(13)6-7)18-12-14-5-4-9(15-12)11(16)17/h2-6H,1H3,(H,16,17). The van der Waals surface area contributed by atoms with Crippen molar-refractivity contribution in [2.75, 3.05) is 0 Å². The van der Waals surface area contributed by atoms with E-state index in [1.807, 2.05) is 13.0 Å². The SMILES string of the molecule is Cc1ccc(Oc2nccc(C(=O)O)n2)c(Cl)c1. The zero-order valence-electron chi connectivity index (χ0n) is 9.42. The number of aromatic nitrogens is 2. The number of ether oxygens (including phenoxy) is 1. The summed E-state index contributed by atoms with van der Waals surface area (Å²) in [6.45, 7) is 1.90. The van der Waals surface area contributed by atoms with Gasteiger partial charge < -0.3 is 9.84 Å². The Hall–Kier alpha value is -2.14. The molecule has 0 aliphatic rings. The van der Waals surface area contributed by atoms with Gasteiger partial charge in [-0.15, -0.1) is 0 Å². The summed E-state index contributed by atoms with van der Waals surface area (Å²) in [5.74, 6) is -0.762. The van der Waals surface area contributed by atoms with Crippen molar-refractivity contribution in [3.05, 3.63) is 46.7 Å². The van der Waals surface area contributed by atoms with Crippen LogP contribution in [-0.2, 0) is 0 Å². The van der Waals surface area contributed by atoms with E-state index in [2.05, 4.69) is 9.97 Å². The van der Waals surface area contributed by atoms with Gasteiger partial charge in [-0.2, -0.15) is 4.98 Å². The van der Waals surface area contributed by atoms with Gasteiger partial charge in [-0.3, -0.25) is 0 Å². The normalized spacial score (nSPS) is 10.1. The predicted octanol–water partition coefficient (Wildman–Crippen LogP) is 2.93. The number of halogens is 1. The van der Waals surface area contributed by atoms with E-state index in [1.165, 1.54) is 12.3 Å². The van der Waals surface area contributed by atoms with E-state index in [9.17, 15) is 4.79 Å². The fourth-order valence-corrected chi connectivity index (χ4v) is 1.57. The van der Waals surface area contributed by atoms with Crippen LogP contribution in [0.4, 0.5) is 0 Å². The van der Waals surface area contributed by atoms with Crippen LogP contribution in [0.2, 0.25) is 5.02 Å². The van der Waals surface area contributed by atoms with E-state index in [-0.39, 0.29) is 11.7 Å². The second-order valence-corrected chi connectivity index (χ2v) is 3.97. The van der Waals surface area contributed by atoms with E-state index in [4.69, 9.17) is 21.4 Å². The van der Waals surface area contributed by atoms with E-state index in [0.29, 0.717) is 10.8 Å². The van der Waals surface area contributed by atoms with Crippen LogP contribution in [0.25, 0.3) is 0 Å². The zero-order valence-corrected chi connectivity index (χ0v) is 10.2. The molecule has 1 aromatic heterocycles. The molecule has 0 atom stereocenters. The first-order valence-corrected chi connectivity index (χ1v) is 5.44. The number of hydrogen-bond donors (Lipinski definition) is 1. The molecule has 2 aromatic rings. The second-order valence-electron chi connectivity index (χ2n) is 3.57. The first-order valence-electron chi connectivity index (χ1n) is 5.06. The van der Waals surface area contributed by atoms with Crippen molar-refractivity contribution < 1.29 is 14.6 Å². The number of hydrogen-bond acceptors (Lipinski definition) is 4. The summed E-state index contributed by atoms with van der Waals surface area (Å²) >= 11 is 5.98. The predicted molar refractivity (Wildman–Crippen MR) is 65.3 cm³/mol. The van der Waals surface area contributed by atoms with Crippen molar-refractivity contribution in [3.8, 4) is 11.8 Å². The molecule has 0 spiro atoms. The smallest absolute Gasteiger partial charge is 0.354 e. The molecule has 0 radical (unpaired) electrons. The first-order chi connectivity index (χ1) is 8.56. The molecule has 0 aliphatic heterocycles. The summed E-state index contributed by atoms with van der Waals surface area (Å²) < 4.78 is 5.34. The van der Waals surface area contributed by atoms with E-state index >= 15 is 0 Å². The van der Waals surface area contributed by atoms with Crippen LogP contribution in [-0.4, -0.2) is 21.0 Å². The van der Waals surface area contributed by atoms with Crippen LogP contribution < -0.4 is 4.74 Å². The fourth-order valence-electron chi connectivity index (χ4n) is 1.30. The molecule has 1 aromatic carbocycles. The van der Waals surface area contributed by atoms with Crippen molar-refractivity contribution in [3.63, 3.8) is 0 Å². The van der Waals surface area contributed by atoms with Gasteiger partial charge in [0, 0.05) is 6.20 Å². The number of aromatic carboxylic acids is 1. The van der Waals surface area contributed by atoms with Gasteiger partial charge in [-0.05, 0) is 30.7 Å². The highest BCUT2D eigenvalue weighted by Gasteiger charge is 2.09. The Kier molecular flexibility index (Phi) is 3.43. The molecule has 0 fully saturated rings. The third kappa shape index (κ3) is 2.75. The maximum Gasteiger partial charge on any atom is 0.354 e. The topological polar surface area (TPSA) is 72.3 Å². The highest BCUT2D eigenvalue weighted by Crippen LogP contribution is 2.28. The van der Waals surface area contributed by atoms with Crippen LogP contribution in [0.1, 0.15) is 16.1 Å². The molecule has 0 saturated heterocycles. The molecule has 0 aliphatic carbocycles. The van der Waals surface area contributed by atoms with Gasteiger partial charge in [0.1, 0.15) is 5.75 Å². The van der Waals surface area contributed by atoms with Crippen molar-refractivity contribution in [2.45, 2.75) is 6.92 Å². The lowest BCUT2D eigenvalue weighted by Crippen LogP contribution is -2.02. The monoisotopic (exact) mass is 264 g/mol. The van der Waals surface area contributed by atoms with Crippen LogP contribution in [0.5, 0.6) is 11.8 Å². The highest BCUT2D eigenvalue weighted by molar-refractivity contribution is 6.32. The molecule has 0 amide bonds. The third-order valence-corrected chi connectivity index (χ3v) is 2.44. The van der Waals surface area contributed by atoms with Gasteiger partial charge in [-0.1, -0.05) is 17.7 Å². The Morgan fingerprint density at radius 1 is 1.39 bits per heavy atom. The quantitative estimate of drug-likeness (QED) is 0.923. The molecule has 0 bridgehead atoms. The fraction of sp³-hybridized carbons (Fsp3) is 0.0833. The summed E-state index contributed by atoms with van der Waals surface area (Å²) in [4.78, 5) is 18.3. The number of carbonyl (C=O) groups is 1. The van der Waals surface area contributed by atoms with Crippen LogP contribution in [0.3, 0.4) is 0 Å². The van der Waals surface area contributed by atoms with Gasteiger partial charge >= 0.3 is 12.0 Å². The Morgan fingerprint density at radius 3 is 2.83 bits per heavy atom. The average Bonchev–Trinajstić information content (AvgIpc) is 2.33. The summed E-state index contributed by atoms with van der Waals surface area (Å²) in [6.07, 6.45) is 1.31. The minimum atomic E-state index is -1.14. The van der Waals surface area contributed by atoms with Gasteiger partial charge in [0.15, 0.2) is 5.69 Å². The lowest BCUT2D eigenvalue weighted by molar-refractivity contribution is 0.0689. The lowest BCUT2D eigenvalue weighted by Gasteiger charge is -2.06. The minimum absolute atomic E-state index is 0.0550. The van der Waals surface area contributed by atoms with Gasteiger partial charge in [-0.25, -0.2) is 9.78 Å². The summed E-state index contributed by atoms with van der Waals surface area (Å²) in [7, 11) is 0. The van der Waals surface area contributed by atoms with E-state index < -0.39 is 5.97 Å². The van der Waals surface area contributed by atoms with E-state index in [0.717, 1.165) is 5.56 Å². The molecule has 6 heteroatoms. The van der Waals surface area contributed by atoms with E-state index in [1.54, 1.807) is 12.1 Å². The number of rotatable bonds is 3. The first kappa shape index (κ1) is 12.3. The Bertz CT molecular complexity index is 602. The highest BCUT2D eigenvalue weighted by atomic mass is 35.5. The van der Waals surface area contributed by atoms with Gasteiger partial charge in [0.25, 0.3) is 0 Å². The van der Waals surface area contributed by atoms with Gasteiger partial charge in [0.2, 0.25) is 0 Å². The summed E-state index contributed by atoms with van der Waals surface area (Å²) in [5.41, 5.74) is 0.857. The molecule has 1 heterocycles. The average molecular weight is 265 g/mol. The summed E-state index contributed by atoms with van der Waals surface area (Å²) in [6, 6.07) is 6.46. The Labute approximate surface area is 108 Å². The molecular weight excluding hydrogens is 256 g/mol. The minimum Gasteiger partial charge on any atom is -0.477 e. The van der Waals surface area contributed by atoms with Gasteiger partial charge in [0.05, 0.1) is 5.02 Å². The number of aryl methyl sites for hydroxylation is 1. The molecule has 0 unspecified atom stereocenters. The number of benzene rings is 1. The molecule has 1 N–H and O–H groups in total. The third-order valence-electron chi connectivity index (χ3n) is 2.14. The van der Waals surface area contributed by atoms with Crippen molar-refractivity contribution in [1.29, 1.82) is 0 Å². The molecule has 92 valence electrons. The van der Waals surface area contributed by atoms with Crippen molar-refractivity contribution in [2.24, 2.45) is 0 Å². The number of carboxylic acids is 1. The molecule has 0 saturated carbocycles. The largest absolute Gasteiger partial charge is 0.477 e. The maximum atomic E-state index is 10.7. The maximum absolute atomic E-state index is 10.7. The number of nitrogens with zero attached hydrogens (tertiary/aromatic N) is 2. The van der Waals surface area contributed by atoms with Crippen molar-refractivity contribution in [1.82, 2.24) is 9.97 Å². The molecule has 5 nitrogen and oxygen atoms in total. The molecule has 18 heavy (non-hydrogen) atoms. The zero-order chi connectivity index (χ0) is 13.1. The molecular formula is C12H9ClN2O3. The Morgan fingerprint density at radius 2 is 2.17 bits per heavy atom.